The van der Waals surface area contributed by atoms with Gasteiger partial charge in [-0.05, 0) is 35.9 Å². The molecular weight excluding hydrogens is 302 g/mol. The molecule has 0 aliphatic heterocycles. The van der Waals surface area contributed by atoms with Crippen molar-refractivity contribution in [2.45, 2.75) is 6.92 Å². The molecule has 2 aromatic carbocycles. The largest absolute Gasteiger partial charge is 0.441 e. The van der Waals surface area contributed by atoms with Gasteiger partial charge in [-0.15, -0.1) is 0 Å². The van der Waals surface area contributed by atoms with Crippen LogP contribution >= 0.6 is 11.6 Å². The molecule has 22 heavy (non-hydrogen) atoms. The number of halogens is 1. The van der Waals surface area contributed by atoms with Crippen molar-refractivity contribution in [3.8, 4) is 5.75 Å². The normalized spacial score (nSPS) is 11.2. The maximum absolute atomic E-state index is 11.8. The second-order valence-electron chi connectivity index (χ2n) is 4.67. The van der Waals surface area contributed by atoms with Gasteiger partial charge in [0.1, 0.15) is 11.3 Å². The molecule has 3 rings (SSSR count). The van der Waals surface area contributed by atoms with Crippen LogP contribution in [-0.4, -0.2) is 11.0 Å². The summed E-state index contributed by atoms with van der Waals surface area (Å²) < 4.78 is 10.6. The van der Waals surface area contributed by atoms with Crippen molar-refractivity contribution in [3.63, 3.8) is 0 Å². The average Bonchev–Trinajstić information content (AvgIpc) is 2.86. The topological polar surface area (TPSA) is 52.3 Å². The third-order valence-corrected chi connectivity index (χ3v) is 3.22. The van der Waals surface area contributed by atoms with Gasteiger partial charge < -0.3 is 9.15 Å². The number of aryl methyl sites for hydroxylation is 1. The summed E-state index contributed by atoms with van der Waals surface area (Å²) in [4.78, 5) is 16.0. The van der Waals surface area contributed by atoms with Gasteiger partial charge in [0.15, 0.2) is 11.5 Å². The van der Waals surface area contributed by atoms with Crippen LogP contribution in [0, 0.1) is 6.92 Å². The van der Waals surface area contributed by atoms with E-state index in [2.05, 4.69) is 4.98 Å². The van der Waals surface area contributed by atoms with Crippen LogP contribution in [0.1, 0.15) is 11.5 Å². The fourth-order valence-electron chi connectivity index (χ4n) is 1.97. The maximum atomic E-state index is 11.8. The highest BCUT2D eigenvalue weighted by molar-refractivity contribution is 6.30. The summed E-state index contributed by atoms with van der Waals surface area (Å²) in [5.41, 5.74) is 2.18. The first-order chi connectivity index (χ1) is 10.6. The average molecular weight is 314 g/mol. The number of ether oxygens (including phenoxy) is 1. The van der Waals surface area contributed by atoms with Crippen molar-refractivity contribution in [2.24, 2.45) is 0 Å². The van der Waals surface area contributed by atoms with E-state index in [4.69, 9.17) is 20.8 Å². The second-order valence-corrected chi connectivity index (χ2v) is 5.10. The molecule has 0 aliphatic rings. The van der Waals surface area contributed by atoms with E-state index in [0.717, 1.165) is 11.1 Å². The van der Waals surface area contributed by atoms with Crippen molar-refractivity contribution in [1.29, 1.82) is 0 Å². The quantitative estimate of drug-likeness (QED) is 0.408. The number of aromatic nitrogens is 1. The van der Waals surface area contributed by atoms with E-state index in [9.17, 15) is 4.79 Å². The Kier molecular flexibility index (Phi) is 3.94. The molecule has 0 fully saturated rings. The number of esters is 1. The molecule has 0 saturated heterocycles. The summed E-state index contributed by atoms with van der Waals surface area (Å²) in [5.74, 6) is 0.515. The summed E-state index contributed by atoms with van der Waals surface area (Å²) in [7, 11) is 0. The predicted molar refractivity (Wildman–Crippen MR) is 84.9 cm³/mol. The number of nitrogens with zero attached hydrogens (tertiary/aromatic N) is 1. The molecule has 0 bridgehead atoms. The van der Waals surface area contributed by atoms with Gasteiger partial charge in [-0.25, -0.2) is 9.78 Å². The highest BCUT2D eigenvalue weighted by Crippen LogP contribution is 2.21. The molecule has 0 amide bonds. The van der Waals surface area contributed by atoms with Crippen molar-refractivity contribution < 1.29 is 13.9 Å². The van der Waals surface area contributed by atoms with E-state index in [1.807, 2.05) is 12.1 Å². The molecule has 0 aliphatic carbocycles. The molecule has 0 saturated carbocycles. The van der Waals surface area contributed by atoms with Crippen LogP contribution in [0.2, 0.25) is 5.02 Å². The van der Waals surface area contributed by atoms with E-state index in [-0.39, 0.29) is 0 Å². The first kappa shape index (κ1) is 14.4. The zero-order chi connectivity index (χ0) is 15.5. The fourth-order valence-corrected chi connectivity index (χ4v) is 2.10. The lowest BCUT2D eigenvalue weighted by molar-refractivity contribution is -0.128. The van der Waals surface area contributed by atoms with Gasteiger partial charge >= 0.3 is 5.97 Å². The predicted octanol–water partition coefficient (Wildman–Crippen LogP) is 4.41. The standard InChI is InChI=1S/C17H12ClNO3/c1-11-19-15-8-7-14(10-16(15)21-11)22-17(20)9-4-12-2-5-13(18)6-3-12/h2-10H,1H3/b9-4+. The van der Waals surface area contributed by atoms with E-state index in [1.165, 1.54) is 6.08 Å². The van der Waals surface area contributed by atoms with Crippen LogP contribution in [0.25, 0.3) is 17.2 Å². The summed E-state index contributed by atoms with van der Waals surface area (Å²) in [5, 5.41) is 0.648. The maximum Gasteiger partial charge on any atom is 0.336 e. The lowest BCUT2D eigenvalue weighted by atomic mass is 10.2. The van der Waals surface area contributed by atoms with Gasteiger partial charge in [-0.1, -0.05) is 23.7 Å². The molecule has 0 spiro atoms. The third-order valence-electron chi connectivity index (χ3n) is 2.97. The van der Waals surface area contributed by atoms with Crippen molar-refractivity contribution in [2.75, 3.05) is 0 Å². The van der Waals surface area contributed by atoms with Gasteiger partial charge in [0, 0.05) is 24.1 Å². The molecular formula is C17H12ClNO3. The number of hydrogen-bond donors (Lipinski definition) is 0. The van der Waals surface area contributed by atoms with Crippen LogP contribution in [0.5, 0.6) is 5.75 Å². The Labute approximate surface area is 132 Å². The second kappa shape index (κ2) is 6.03. The lowest BCUT2D eigenvalue weighted by Gasteiger charge is -2.00. The molecule has 0 radical (unpaired) electrons. The van der Waals surface area contributed by atoms with Crippen molar-refractivity contribution >= 4 is 34.7 Å². The highest BCUT2D eigenvalue weighted by atomic mass is 35.5. The summed E-state index contributed by atoms with van der Waals surface area (Å²) in [6, 6.07) is 12.2. The Morgan fingerprint density at radius 1 is 1.23 bits per heavy atom. The van der Waals surface area contributed by atoms with Crippen LogP contribution in [0.15, 0.2) is 53.0 Å². The molecule has 110 valence electrons. The Morgan fingerprint density at radius 2 is 2.00 bits per heavy atom. The minimum atomic E-state index is -0.467. The summed E-state index contributed by atoms with van der Waals surface area (Å²) in [6.07, 6.45) is 3.02. The molecule has 0 N–H and O–H groups in total. The van der Waals surface area contributed by atoms with Gasteiger partial charge in [-0.2, -0.15) is 0 Å². The van der Waals surface area contributed by atoms with Crippen LogP contribution in [0.4, 0.5) is 0 Å². The lowest BCUT2D eigenvalue weighted by Crippen LogP contribution is -2.03. The molecule has 4 nitrogen and oxygen atoms in total. The Hall–Kier alpha value is -2.59. The number of carbonyl (C=O) groups is 1. The molecule has 1 heterocycles. The van der Waals surface area contributed by atoms with Crippen LogP contribution < -0.4 is 4.74 Å². The molecule has 0 unspecified atom stereocenters. The monoisotopic (exact) mass is 313 g/mol. The van der Waals surface area contributed by atoms with Crippen molar-refractivity contribution in [3.05, 3.63) is 65.0 Å². The smallest absolute Gasteiger partial charge is 0.336 e. The summed E-state index contributed by atoms with van der Waals surface area (Å²) >= 11 is 5.80. The zero-order valence-corrected chi connectivity index (χ0v) is 12.5. The Morgan fingerprint density at radius 3 is 2.77 bits per heavy atom. The third kappa shape index (κ3) is 3.35. The number of hydrogen-bond acceptors (Lipinski definition) is 4. The number of carbonyl (C=O) groups excluding carboxylic acids is 1. The summed E-state index contributed by atoms with van der Waals surface area (Å²) in [6.45, 7) is 1.76. The van der Waals surface area contributed by atoms with Gasteiger partial charge in [0.05, 0.1) is 0 Å². The van der Waals surface area contributed by atoms with Gasteiger partial charge in [0.25, 0.3) is 0 Å². The van der Waals surface area contributed by atoms with E-state index < -0.39 is 5.97 Å². The fraction of sp³-hybridized carbons (Fsp3) is 0.0588. The minimum absolute atomic E-state index is 0.411. The zero-order valence-electron chi connectivity index (χ0n) is 11.7. The Bertz CT molecular complexity index is 850. The highest BCUT2D eigenvalue weighted by Gasteiger charge is 2.06. The first-order valence-corrected chi connectivity index (χ1v) is 7.00. The van der Waals surface area contributed by atoms with E-state index in [0.29, 0.717) is 22.2 Å². The molecule has 1 aromatic heterocycles. The van der Waals surface area contributed by atoms with Gasteiger partial charge in [-0.3, -0.25) is 0 Å². The van der Waals surface area contributed by atoms with Crippen molar-refractivity contribution in [1.82, 2.24) is 4.98 Å². The number of fused-ring (bicyclic) bond motifs is 1. The molecule has 3 aromatic rings. The SMILES string of the molecule is Cc1nc2ccc(OC(=O)/C=C/c3ccc(Cl)cc3)cc2o1. The first-order valence-electron chi connectivity index (χ1n) is 6.63. The molecule has 5 heteroatoms. The number of benzene rings is 2. The minimum Gasteiger partial charge on any atom is -0.441 e. The molecule has 0 atom stereocenters. The van der Waals surface area contributed by atoms with Crippen LogP contribution in [0.3, 0.4) is 0 Å². The number of oxazole rings is 1. The Balaban J connectivity index is 1.70. The van der Waals surface area contributed by atoms with Crippen LogP contribution in [-0.2, 0) is 4.79 Å². The number of rotatable bonds is 3. The van der Waals surface area contributed by atoms with E-state index in [1.54, 1.807) is 43.3 Å². The van der Waals surface area contributed by atoms with E-state index >= 15 is 0 Å². The van der Waals surface area contributed by atoms with Gasteiger partial charge in [0.2, 0.25) is 0 Å².